The second-order valence-corrected chi connectivity index (χ2v) is 7.72. The summed E-state index contributed by atoms with van der Waals surface area (Å²) in [5.74, 6) is 1.24. The standard InChI is InChI=1S/C17H17ClN2O2S/c18-12-6-5-10(9-15(12)20(21)22)16-11-3-1-2-4-13(11)19-14-7-8-23-17(14)16/h3,5-6,9,13,16,19H,1-2,4,7-8H2. The Morgan fingerprint density at radius 2 is 2.26 bits per heavy atom. The maximum atomic E-state index is 11.2. The number of nitrogens with one attached hydrogen (secondary N) is 1. The van der Waals surface area contributed by atoms with Crippen LogP contribution in [-0.2, 0) is 0 Å². The zero-order valence-corrected chi connectivity index (χ0v) is 14.1. The monoisotopic (exact) mass is 348 g/mol. The average Bonchev–Trinajstić information content (AvgIpc) is 3.01. The second-order valence-electron chi connectivity index (χ2n) is 6.17. The molecular formula is C17H17ClN2O2S. The van der Waals surface area contributed by atoms with Crippen LogP contribution in [0.1, 0.15) is 37.2 Å². The van der Waals surface area contributed by atoms with Crippen LogP contribution in [0.4, 0.5) is 5.69 Å². The number of hydrogen-bond acceptors (Lipinski definition) is 4. The van der Waals surface area contributed by atoms with Gasteiger partial charge in [0.25, 0.3) is 5.69 Å². The van der Waals surface area contributed by atoms with Crippen molar-refractivity contribution >= 4 is 29.1 Å². The van der Waals surface area contributed by atoms with E-state index in [1.54, 1.807) is 12.1 Å². The SMILES string of the molecule is O=[N+]([O-])c1cc(C2C3=CCCCC3NC3=C2SCC3)ccc1Cl. The Hall–Kier alpha value is -1.46. The Morgan fingerprint density at radius 1 is 1.39 bits per heavy atom. The normalized spacial score (nSPS) is 26.2. The van der Waals surface area contributed by atoms with E-state index in [0.717, 1.165) is 30.6 Å². The number of allylic oxidation sites excluding steroid dienone is 3. The van der Waals surface area contributed by atoms with Crippen LogP contribution in [0.2, 0.25) is 5.02 Å². The number of hydrogen-bond donors (Lipinski definition) is 1. The summed E-state index contributed by atoms with van der Waals surface area (Å²) in [5.41, 5.74) is 3.70. The summed E-state index contributed by atoms with van der Waals surface area (Å²) >= 11 is 7.87. The highest BCUT2D eigenvalue weighted by Gasteiger charge is 2.38. The van der Waals surface area contributed by atoms with Crippen LogP contribution < -0.4 is 5.32 Å². The molecular weight excluding hydrogens is 332 g/mol. The van der Waals surface area contributed by atoms with Crippen molar-refractivity contribution in [2.24, 2.45) is 0 Å². The molecule has 4 nitrogen and oxygen atoms in total. The summed E-state index contributed by atoms with van der Waals surface area (Å²) in [7, 11) is 0. The van der Waals surface area contributed by atoms with E-state index in [-0.39, 0.29) is 16.6 Å². The number of rotatable bonds is 2. The van der Waals surface area contributed by atoms with Crippen molar-refractivity contribution in [3.05, 3.63) is 61.2 Å². The van der Waals surface area contributed by atoms with Crippen LogP contribution >= 0.6 is 23.4 Å². The Balaban J connectivity index is 1.84. The van der Waals surface area contributed by atoms with Crippen molar-refractivity contribution in [3.63, 3.8) is 0 Å². The third-order valence-electron chi connectivity index (χ3n) is 4.83. The lowest BCUT2D eigenvalue weighted by atomic mass is 9.78. The van der Waals surface area contributed by atoms with Gasteiger partial charge in [0.05, 0.1) is 4.92 Å². The molecule has 3 aliphatic rings. The molecule has 4 rings (SSSR count). The highest BCUT2D eigenvalue weighted by atomic mass is 35.5. The summed E-state index contributed by atoms with van der Waals surface area (Å²) in [6.07, 6.45) is 6.82. The fourth-order valence-corrected chi connectivity index (χ4v) is 5.29. The Labute approximate surface area is 144 Å². The number of nitro groups is 1. The predicted molar refractivity (Wildman–Crippen MR) is 93.8 cm³/mol. The average molecular weight is 349 g/mol. The first-order valence-electron chi connectivity index (χ1n) is 7.91. The Morgan fingerprint density at radius 3 is 3.09 bits per heavy atom. The molecule has 0 radical (unpaired) electrons. The molecule has 2 atom stereocenters. The first-order chi connectivity index (χ1) is 11.1. The quantitative estimate of drug-likeness (QED) is 0.475. The van der Waals surface area contributed by atoms with E-state index < -0.39 is 4.92 Å². The van der Waals surface area contributed by atoms with Gasteiger partial charge in [-0.15, -0.1) is 11.8 Å². The van der Waals surface area contributed by atoms with Crippen molar-refractivity contribution < 1.29 is 4.92 Å². The van der Waals surface area contributed by atoms with Crippen molar-refractivity contribution in [1.29, 1.82) is 0 Å². The number of thioether (sulfide) groups is 1. The lowest BCUT2D eigenvalue weighted by molar-refractivity contribution is -0.384. The van der Waals surface area contributed by atoms with Gasteiger partial charge in [0, 0.05) is 34.4 Å². The Kier molecular flexibility index (Phi) is 3.85. The van der Waals surface area contributed by atoms with Crippen molar-refractivity contribution in [2.45, 2.75) is 37.6 Å². The maximum Gasteiger partial charge on any atom is 0.288 e. The van der Waals surface area contributed by atoms with E-state index in [2.05, 4.69) is 11.4 Å². The zero-order valence-electron chi connectivity index (χ0n) is 12.5. The van der Waals surface area contributed by atoms with Gasteiger partial charge in [-0.1, -0.05) is 23.7 Å². The summed E-state index contributed by atoms with van der Waals surface area (Å²) in [6, 6.07) is 5.64. The molecule has 0 saturated carbocycles. The molecule has 0 amide bonds. The number of benzene rings is 1. The van der Waals surface area contributed by atoms with Crippen LogP contribution in [0.3, 0.4) is 0 Å². The Bertz CT molecular complexity index is 744. The fourth-order valence-electron chi connectivity index (χ4n) is 3.80. The molecule has 2 heterocycles. The maximum absolute atomic E-state index is 11.2. The molecule has 0 bridgehead atoms. The lowest BCUT2D eigenvalue weighted by Gasteiger charge is -2.38. The van der Waals surface area contributed by atoms with Gasteiger partial charge < -0.3 is 5.32 Å². The highest BCUT2D eigenvalue weighted by molar-refractivity contribution is 8.03. The minimum absolute atomic E-state index is 0.000746. The van der Waals surface area contributed by atoms with E-state index >= 15 is 0 Å². The minimum Gasteiger partial charge on any atom is -0.381 e. The first kappa shape index (κ1) is 15.1. The molecule has 23 heavy (non-hydrogen) atoms. The smallest absolute Gasteiger partial charge is 0.288 e. The van der Waals surface area contributed by atoms with E-state index in [0.29, 0.717) is 6.04 Å². The fraction of sp³-hybridized carbons (Fsp3) is 0.412. The summed E-state index contributed by atoms with van der Waals surface area (Å²) in [5, 5.41) is 15.1. The van der Waals surface area contributed by atoms with Crippen LogP contribution in [0.15, 0.2) is 40.5 Å². The van der Waals surface area contributed by atoms with E-state index in [1.165, 1.54) is 22.6 Å². The molecule has 1 aliphatic carbocycles. The molecule has 1 N–H and O–H groups in total. The van der Waals surface area contributed by atoms with Crippen LogP contribution in [0, 0.1) is 10.1 Å². The first-order valence-corrected chi connectivity index (χ1v) is 9.27. The van der Waals surface area contributed by atoms with Gasteiger partial charge in [-0.05, 0) is 42.9 Å². The van der Waals surface area contributed by atoms with Crippen molar-refractivity contribution in [2.75, 3.05) is 5.75 Å². The molecule has 0 fully saturated rings. The number of nitro benzene ring substituents is 1. The number of halogens is 1. The zero-order chi connectivity index (χ0) is 16.0. The molecule has 1 aromatic carbocycles. The highest BCUT2D eigenvalue weighted by Crippen LogP contribution is 2.50. The molecule has 0 aromatic heterocycles. The van der Waals surface area contributed by atoms with Crippen molar-refractivity contribution in [1.82, 2.24) is 5.32 Å². The van der Waals surface area contributed by atoms with E-state index in [4.69, 9.17) is 11.6 Å². The van der Waals surface area contributed by atoms with Crippen LogP contribution in [-0.4, -0.2) is 16.7 Å². The van der Waals surface area contributed by atoms with Gasteiger partial charge in [0.1, 0.15) is 5.02 Å². The van der Waals surface area contributed by atoms with E-state index in [1.807, 2.05) is 17.8 Å². The van der Waals surface area contributed by atoms with Crippen LogP contribution in [0.25, 0.3) is 0 Å². The van der Waals surface area contributed by atoms with Gasteiger partial charge in [0.15, 0.2) is 0 Å². The molecule has 6 heteroatoms. The number of fused-ring (bicyclic) bond motifs is 1. The number of nitrogens with zero attached hydrogens (tertiary/aromatic N) is 1. The van der Waals surface area contributed by atoms with Crippen molar-refractivity contribution in [3.8, 4) is 0 Å². The summed E-state index contributed by atoms with van der Waals surface area (Å²) in [6.45, 7) is 0. The molecule has 0 spiro atoms. The molecule has 1 aromatic rings. The third kappa shape index (κ3) is 2.56. The van der Waals surface area contributed by atoms with Gasteiger partial charge in [0.2, 0.25) is 0 Å². The molecule has 120 valence electrons. The topological polar surface area (TPSA) is 55.2 Å². The predicted octanol–water partition coefficient (Wildman–Crippen LogP) is 4.76. The lowest BCUT2D eigenvalue weighted by Crippen LogP contribution is -2.38. The van der Waals surface area contributed by atoms with Gasteiger partial charge in [-0.3, -0.25) is 10.1 Å². The summed E-state index contributed by atoms with van der Waals surface area (Å²) in [4.78, 5) is 12.2. The molecule has 2 aliphatic heterocycles. The van der Waals surface area contributed by atoms with Crippen LogP contribution in [0.5, 0.6) is 0 Å². The van der Waals surface area contributed by atoms with Gasteiger partial charge >= 0.3 is 0 Å². The summed E-state index contributed by atoms with van der Waals surface area (Å²) < 4.78 is 0. The van der Waals surface area contributed by atoms with Gasteiger partial charge in [-0.25, -0.2) is 0 Å². The molecule has 2 unspecified atom stereocenters. The van der Waals surface area contributed by atoms with E-state index in [9.17, 15) is 10.1 Å². The van der Waals surface area contributed by atoms with Gasteiger partial charge in [-0.2, -0.15) is 0 Å². The third-order valence-corrected chi connectivity index (χ3v) is 6.35. The molecule has 0 saturated heterocycles. The minimum atomic E-state index is -0.392. The second kappa shape index (κ2) is 5.87. The largest absolute Gasteiger partial charge is 0.381 e.